The van der Waals surface area contributed by atoms with Gasteiger partial charge >= 0.3 is 6.18 Å². The van der Waals surface area contributed by atoms with Crippen LogP contribution in [-0.4, -0.2) is 50.9 Å². The zero-order chi connectivity index (χ0) is 17.8. The van der Waals surface area contributed by atoms with Gasteiger partial charge in [0.1, 0.15) is 12.2 Å². The Morgan fingerprint density at radius 2 is 2.08 bits per heavy atom. The van der Waals surface area contributed by atoms with E-state index in [1.807, 2.05) is 6.92 Å². The normalized spacial score (nSPS) is 12.1. The Labute approximate surface area is 139 Å². The number of nitrogens with one attached hydrogen (secondary N) is 2. The Hall–Kier alpha value is -2.03. The predicted octanol–water partition coefficient (Wildman–Crippen LogP) is 2.07. The van der Waals surface area contributed by atoms with Crippen molar-refractivity contribution in [2.24, 2.45) is 4.99 Å². The smallest absolute Gasteiger partial charge is 0.421 e. The Morgan fingerprint density at radius 1 is 1.29 bits per heavy atom. The molecular formula is C15H23F3N4O2. The molecule has 0 aliphatic heterocycles. The van der Waals surface area contributed by atoms with Crippen LogP contribution in [0.4, 0.5) is 13.2 Å². The van der Waals surface area contributed by atoms with Crippen LogP contribution in [0.15, 0.2) is 23.3 Å². The van der Waals surface area contributed by atoms with Crippen LogP contribution in [0, 0.1) is 0 Å². The standard InChI is InChI=1S/C15H23F3N4O2/c1-3-19-14(21-8-5-10-23-2)22-9-11-24-13-12(15(16,17)18)6-4-7-20-13/h4,6-7H,3,5,8-11H2,1-2H3,(H2,19,21,22). The molecule has 0 atom stereocenters. The van der Waals surface area contributed by atoms with Gasteiger partial charge in [0.15, 0.2) is 5.96 Å². The van der Waals surface area contributed by atoms with E-state index >= 15 is 0 Å². The number of nitrogens with zero attached hydrogens (tertiary/aromatic N) is 2. The molecule has 1 aromatic heterocycles. The summed E-state index contributed by atoms with van der Waals surface area (Å²) in [6, 6.07) is 2.17. The maximum absolute atomic E-state index is 12.8. The maximum Gasteiger partial charge on any atom is 0.421 e. The van der Waals surface area contributed by atoms with Crippen molar-refractivity contribution < 1.29 is 22.6 Å². The molecule has 0 fully saturated rings. The van der Waals surface area contributed by atoms with Crippen molar-refractivity contribution in [3.8, 4) is 5.88 Å². The molecule has 1 rings (SSSR count). The lowest BCUT2D eigenvalue weighted by Gasteiger charge is -2.14. The zero-order valence-corrected chi connectivity index (χ0v) is 13.8. The molecule has 0 aliphatic carbocycles. The lowest BCUT2D eigenvalue weighted by atomic mass is 10.2. The maximum atomic E-state index is 12.8. The van der Waals surface area contributed by atoms with Gasteiger partial charge in [-0.15, -0.1) is 0 Å². The number of rotatable bonds is 9. The summed E-state index contributed by atoms with van der Waals surface area (Å²) in [7, 11) is 1.62. The summed E-state index contributed by atoms with van der Waals surface area (Å²) in [5.41, 5.74) is -0.884. The fourth-order valence-corrected chi connectivity index (χ4v) is 1.78. The van der Waals surface area contributed by atoms with E-state index in [-0.39, 0.29) is 6.61 Å². The topological polar surface area (TPSA) is 67.8 Å². The van der Waals surface area contributed by atoms with Gasteiger partial charge in [-0.2, -0.15) is 13.2 Å². The average Bonchev–Trinajstić information content (AvgIpc) is 2.55. The largest absolute Gasteiger partial charge is 0.475 e. The van der Waals surface area contributed by atoms with Crippen molar-refractivity contribution in [1.29, 1.82) is 0 Å². The van der Waals surface area contributed by atoms with Crippen LogP contribution in [-0.2, 0) is 10.9 Å². The van der Waals surface area contributed by atoms with Crippen molar-refractivity contribution in [1.82, 2.24) is 15.6 Å². The Kier molecular flexibility index (Phi) is 8.92. The monoisotopic (exact) mass is 348 g/mol. The van der Waals surface area contributed by atoms with Crippen molar-refractivity contribution in [3.05, 3.63) is 23.9 Å². The molecule has 9 heteroatoms. The van der Waals surface area contributed by atoms with Gasteiger partial charge in [-0.1, -0.05) is 0 Å². The van der Waals surface area contributed by atoms with Crippen LogP contribution >= 0.6 is 0 Å². The molecule has 1 aromatic rings. The first kappa shape index (κ1) is 20.0. The number of halogens is 3. The van der Waals surface area contributed by atoms with Crippen molar-refractivity contribution in [3.63, 3.8) is 0 Å². The molecule has 0 radical (unpaired) electrons. The molecule has 0 bridgehead atoms. The number of hydrogen-bond donors (Lipinski definition) is 2. The van der Waals surface area contributed by atoms with E-state index in [4.69, 9.17) is 9.47 Å². The van der Waals surface area contributed by atoms with E-state index in [2.05, 4.69) is 20.6 Å². The number of guanidine groups is 1. The highest BCUT2D eigenvalue weighted by Gasteiger charge is 2.34. The predicted molar refractivity (Wildman–Crippen MR) is 85.2 cm³/mol. The van der Waals surface area contributed by atoms with E-state index in [0.717, 1.165) is 12.5 Å². The van der Waals surface area contributed by atoms with Gasteiger partial charge < -0.3 is 20.1 Å². The second-order valence-electron chi connectivity index (χ2n) is 4.74. The highest BCUT2D eigenvalue weighted by Crippen LogP contribution is 2.34. The van der Waals surface area contributed by atoms with Crippen molar-refractivity contribution >= 4 is 5.96 Å². The molecule has 1 heterocycles. The van der Waals surface area contributed by atoms with Gasteiger partial charge in [0.25, 0.3) is 0 Å². The van der Waals surface area contributed by atoms with Gasteiger partial charge in [-0.25, -0.2) is 4.98 Å². The number of pyridine rings is 1. The fourth-order valence-electron chi connectivity index (χ4n) is 1.78. The average molecular weight is 348 g/mol. The summed E-state index contributed by atoms with van der Waals surface area (Å²) in [5, 5.41) is 6.03. The molecule has 136 valence electrons. The van der Waals surface area contributed by atoms with Gasteiger partial charge in [-0.05, 0) is 25.5 Å². The van der Waals surface area contributed by atoms with Gasteiger partial charge in [0.05, 0.1) is 6.54 Å². The summed E-state index contributed by atoms with van der Waals surface area (Å²) in [6.07, 6.45) is -2.44. The lowest BCUT2D eigenvalue weighted by molar-refractivity contribution is -0.139. The highest BCUT2D eigenvalue weighted by atomic mass is 19.4. The Bertz CT molecular complexity index is 510. The lowest BCUT2D eigenvalue weighted by Crippen LogP contribution is -2.39. The molecule has 0 amide bonds. The number of aliphatic imine (C=N–C) groups is 1. The van der Waals surface area contributed by atoms with Crippen molar-refractivity contribution in [2.45, 2.75) is 19.5 Å². The molecule has 0 unspecified atom stereocenters. The number of aromatic nitrogens is 1. The first-order valence-electron chi connectivity index (χ1n) is 7.65. The van der Waals surface area contributed by atoms with Crippen LogP contribution in [0.5, 0.6) is 5.88 Å². The SMILES string of the molecule is CCNC(=NCCCOC)NCCOc1ncccc1C(F)(F)F. The number of alkyl halides is 3. The second-order valence-corrected chi connectivity index (χ2v) is 4.74. The van der Waals surface area contributed by atoms with E-state index in [1.165, 1.54) is 12.3 Å². The summed E-state index contributed by atoms with van der Waals surface area (Å²) in [6.45, 7) is 4.13. The summed E-state index contributed by atoms with van der Waals surface area (Å²) in [4.78, 5) is 7.95. The highest BCUT2D eigenvalue weighted by molar-refractivity contribution is 5.79. The minimum atomic E-state index is -4.49. The third-order valence-electron chi connectivity index (χ3n) is 2.83. The molecule has 0 aliphatic rings. The van der Waals surface area contributed by atoms with Crippen LogP contribution in [0.2, 0.25) is 0 Å². The zero-order valence-electron chi connectivity index (χ0n) is 13.8. The third-order valence-corrected chi connectivity index (χ3v) is 2.83. The molecule has 0 saturated carbocycles. The van der Waals surface area contributed by atoms with Gasteiger partial charge in [0.2, 0.25) is 5.88 Å². The first-order valence-corrected chi connectivity index (χ1v) is 7.65. The van der Waals surface area contributed by atoms with Crippen LogP contribution < -0.4 is 15.4 Å². The van der Waals surface area contributed by atoms with Gasteiger partial charge in [-0.3, -0.25) is 4.99 Å². The minimum Gasteiger partial charge on any atom is -0.475 e. The van der Waals surface area contributed by atoms with E-state index in [0.29, 0.717) is 32.2 Å². The van der Waals surface area contributed by atoms with Crippen LogP contribution in [0.3, 0.4) is 0 Å². The molecular weight excluding hydrogens is 325 g/mol. The summed E-state index contributed by atoms with van der Waals surface area (Å²) >= 11 is 0. The molecule has 0 saturated heterocycles. The third kappa shape index (κ3) is 7.49. The van der Waals surface area contributed by atoms with Crippen LogP contribution in [0.1, 0.15) is 18.9 Å². The fraction of sp³-hybridized carbons (Fsp3) is 0.600. The minimum absolute atomic E-state index is 0.0303. The quantitative estimate of drug-likeness (QED) is 0.406. The molecule has 24 heavy (non-hydrogen) atoms. The molecule has 0 aromatic carbocycles. The van der Waals surface area contributed by atoms with E-state index in [1.54, 1.807) is 7.11 Å². The number of hydrogen-bond acceptors (Lipinski definition) is 4. The molecule has 0 spiro atoms. The van der Waals surface area contributed by atoms with Gasteiger partial charge in [0, 0.05) is 33.0 Å². The number of methoxy groups -OCH3 is 1. The van der Waals surface area contributed by atoms with Crippen LogP contribution in [0.25, 0.3) is 0 Å². The second kappa shape index (κ2) is 10.7. The summed E-state index contributed by atoms with van der Waals surface area (Å²) < 4.78 is 48.5. The van der Waals surface area contributed by atoms with Crippen molar-refractivity contribution in [2.75, 3.05) is 40.0 Å². The number of ether oxygens (including phenoxy) is 2. The molecule has 6 nitrogen and oxygen atoms in total. The Morgan fingerprint density at radius 3 is 2.75 bits per heavy atom. The van der Waals surface area contributed by atoms with E-state index in [9.17, 15) is 13.2 Å². The Balaban J connectivity index is 2.46. The van der Waals surface area contributed by atoms with E-state index < -0.39 is 17.6 Å². The summed E-state index contributed by atoms with van der Waals surface area (Å²) in [5.74, 6) is 0.156. The first-order chi connectivity index (χ1) is 11.5. The molecule has 2 N–H and O–H groups in total.